The molecule has 0 bridgehead atoms. The van der Waals surface area contributed by atoms with Gasteiger partial charge in [-0.15, -0.1) is 11.8 Å². The van der Waals surface area contributed by atoms with Crippen molar-refractivity contribution in [1.82, 2.24) is 4.90 Å². The summed E-state index contributed by atoms with van der Waals surface area (Å²) < 4.78 is 0. The van der Waals surface area contributed by atoms with Gasteiger partial charge in [0, 0.05) is 11.4 Å². The number of para-hydroxylation sites is 1. The van der Waals surface area contributed by atoms with Gasteiger partial charge in [-0.2, -0.15) is 0 Å². The molecule has 0 spiro atoms. The fourth-order valence-electron chi connectivity index (χ4n) is 2.33. The first-order valence-electron chi connectivity index (χ1n) is 8.16. The topological polar surface area (TPSA) is 49.4 Å². The first-order valence-corrected chi connectivity index (χ1v) is 9.80. The van der Waals surface area contributed by atoms with Crippen molar-refractivity contribution in [2.24, 2.45) is 0 Å². The van der Waals surface area contributed by atoms with Crippen LogP contribution >= 0.6 is 35.0 Å². The lowest BCUT2D eigenvalue weighted by Crippen LogP contribution is -2.41. The summed E-state index contributed by atoms with van der Waals surface area (Å²) in [6, 6.07) is 14.7. The van der Waals surface area contributed by atoms with E-state index in [4.69, 9.17) is 23.2 Å². The Balaban J connectivity index is 1.99. The summed E-state index contributed by atoms with van der Waals surface area (Å²) in [6.45, 7) is 4.05. The van der Waals surface area contributed by atoms with Gasteiger partial charge in [-0.25, -0.2) is 0 Å². The Kier molecular flexibility index (Phi) is 7.82. The van der Waals surface area contributed by atoms with Gasteiger partial charge in [0.05, 0.1) is 27.5 Å². The lowest BCUT2D eigenvalue weighted by atomic mass is 10.3. The molecule has 0 saturated heterocycles. The Morgan fingerprint density at radius 3 is 2.27 bits per heavy atom. The Labute approximate surface area is 167 Å². The van der Waals surface area contributed by atoms with Crippen molar-refractivity contribution in [2.45, 2.75) is 24.0 Å². The number of anilines is 1. The number of benzene rings is 2. The summed E-state index contributed by atoms with van der Waals surface area (Å²) in [5, 5.41) is 3.10. The number of nitrogens with zero attached hydrogens (tertiary/aromatic N) is 1. The summed E-state index contributed by atoms with van der Waals surface area (Å²) in [4.78, 5) is 27.5. The molecule has 0 radical (unpaired) electrons. The van der Waals surface area contributed by atoms with Gasteiger partial charge in [0.15, 0.2) is 0 Å². The van der Waals surface area contributed by atoms with Crippen LogP contribution in [0, 0.1) is 0 Å². The van der Waals surface area contributed by atoms with Crippen LogP contribution in [0.1, 0.15) is 13.8 Å². The molecule has 2 aromatic rings. The van der Waals surface area contributed by atoms with Gasteiger partial charge in [0.2, 0.25) is 11.8 Å². The van der Waals surface area contributed by atoms with Crippen LogP contribution in [0.4, 0.5) is 5.69 Å². The second-order valence-corrected chi connectivity index (χ2v) is 7.80. The Morgan fingerprint density at radius 2 is 1.69 bits per heavy atom. The highest BCUT2D eigenvalue weighted by atomic mass is 35.5. The maximum atomic E-state index is 12.7. The van der Waals surface area contributed by atoms with E-state index in [-0.39, 0.29) is 23.6 Å². The van der Waals surface area contributed by atoms with Crippen LogP contribution in [0.3, 0.4) is 0 Å². The molecule has 0 heterocycles. The normalized spacial score (nSPS) is 11.7. The van der Waals surface area contributed by atoms with Crippen molar-refractivity contribution in [3.8, 4) is 0 Å². The zero-order valence-electron chi connectivity index (χ0n) is 14.5. The third kappa shape index (κ3) is 5.66. The number of amides is 2. The lowest BCUT2D eigenvalue weighted by Gasteiger charge is -2.24. The van der Waals surface area contributed by atoms with E-state index in [1.54, 1.807) is 18.2 Å². The molecule has 2 aromatic carbocycles. The average molecular weight is 411 g/mol. The summed E-state index contributed by atoms with van der Waals surface area (Å²) >= 11 is 13.6. The van der Waals surface area contributed by atoms with Crippen LogP contribution in [-0.4, -0.2) is 35.1 Å². The molecule has 0 aliphatic heterocycles. The molecule has 2 rings (SSSR count). The molecular formula is C19H20Cl2N2O2S. The summed E-state index contributed by atoms with van der Waals surface area (Å²) in [5.41, 5.74) is 0.357. The Bertz CT molecular complexity index is 751. The van der Waals surface area contributed by atoms with Gasteiger partial charge < -0.3 is 10.2 Å². The number of halogens is 2. The first kappa shape index (κ1) is 20.6. The van der Waals surface area contributed by atoms with E-state index in [0.717, 1.165) is 4.90 Å². The van der Waals surface area contributed by atoms with Crippen molar-refractivity contribution in [1.29, 1.82) is 0 Å². The number of nitrogens with one attached hydrogen (secondary N) is 1. The Morgan fingerprint density at radius 1 is 1.08 bits per heavy atom. The molecule has 26 heavy (non-hydrogen) atoms. The van der Waals surface area contributed by atoms with E-state index in [1.165, 1.54) is 16.7 Å². The van der Waals surface area contributed by atoms with Crippen molar-refractivity contribution < 1.29 is 9.59 Å². The summed E-state index contributed by atoms with van der Waals surface area (Å²) in [5.74, 6) is -0.436. The number of rotatable bonds is 7. The molecule has 1 unspecified atom stereocenters. The second-order valence-electron chi connectivity index (χ2n) is 5.57. The molecule has 2 amide bonds. The van der Waals surface area contributed by atoms with Crippen LogP contribution in [0.15, 0.2) is 53.4 Å². The van der Waals surface area contributed by atoms with Crippen molar-refractivity contribution in [3.05, 3.63) is 58.6 Å². The molecule has 0 saturated carbocycles. The van der Waals surface area contributed by atoms with Crippen molar-refractivity contribution in [3.63, 3.8) is 0 Å². The predicted molar refractivity (Wildman–Crippen MR) is 109 cm³/mol. The van der Waals surface area contributed by atoms with Crippen LogP contribution in [0.25, 0.3) is 0 Å². The number of likely N-dealkylation sites (N-methyl/N-ethyl adjacent to an activating group) is 1. The minimum absolute atomic E-state index is 0.0590. The molecule has 1 atom stereocenters. The minimum atomic E-state index is -0.341. The van der Waals surface area contributed by atoms with E-state index >= 15 is 0 Å². The average Bonchev–Trinajstić information content (AvgIpc) is 2.63. The van der Waals surface area contributed by atoms with E-state index < -0.39 is 0 Å². The van der Waals surface area contributed by atoms with Gasteiger partial charge in [-0.05, 0) is 38.1 Å². The zero-order valence-corrected chi connectivity index (χ0v) is 16.9. The number of carbonyl (C=O) groups excluding carboxylic acids is 2. The van der Waals surface area contributed by atoms with Gasteiger partial charge >= 0.3 is 0 Å². The maximum absolute atomic E-state index is 12.7. The molecule has 0 aliphatic rings. The summed E-state index contributed by atoms with van der Waals surface area (Å²) in [6.07, 6.45) is 0. The molecule has 1 N–H and O–H groups in total. The quantitative estimate of drug-likeness (QED) is 0.655. The van der Waals surface area contributed by atoms with E-state index in [2.05, 4.69) is 5.32 Å². The number of hydrogen-bond acceptors (Lipinski definition) is 3. The standard InChI is InChI=1S/C19H20Cl2N2O2S/c1-3-23(19(25)13(2)26-14-8-5-4-6-9-14)12-17(24)22-18-15(20)10-7-11-16(18)21/h4-11,13H,3,12H2,1-2H3,(H,22,24). The largest absolute Gasteiger partial charge is 0.333 e. The fraction of sp³-hybridized carbons (Fsp3) is 0.263. The highest BCUT2D eigenvalue weighted by Crippen LogP contribution is 2.30. The molecule has 0 fully saturated rings. The molecule has 4 nitrogen and oxygen atoms in total. The smallest absolute Gasteiger partial charge is 0.244 e. The maximum Gasteiger partial charge on any atom is 0.244 e. The summed E-state index contributed by atoms with van der Waals surface area (Å²) in [7, 11) is 0. The lowest BCUT2D eigenvalue weighted by molar-refractivity contribution is -0.133. The third-order valence-corrected chi connectivity index (χ3v) is 5.39. The highest BCUT2D eigenvalue weighted by Gasteiger charge is 2.23. The van der Waals surface area contributed by atoms with Gasteiger partial charge in [0.1, 0.15) is 0 Å². The zero-order chi connectivity index (χ0) is 19.1. The molecule has 0 aromatic heterocycles. The van der Waals surface area contributed by atoms with Crippen LogP contribution in [-0.2, 0) is 9.59 Å². The van der Waals surface area contributed by atoms with E-state index in [1.807, 2.05) is 44.2 Å². The highest BCUT2D eigenvalue weighted by molar-refractivity contribution is 8.00. The molecule has 0 aliphatic carbocycles. The third-order valence-electron chi connectivity index (χ3n) is 3.66. The number of hydrogen-bond donors (Lipinski definition) is 1. The molecule has 138 valence electrons. The second kappa shape index (κ2) is 9.86. The van der Waals surface area contributed by atoms with Gasteiger partial charge in [0.25, 0.3) is 0 Å². The van der Waals surface area contributed by atoms with Crippen LogP contribution in [0.5, 0.6) is 0 Å². The fourth-order valence-corrected chi connectivity index (χ4v) is 3.79. The van der Waals surface area contributed by atoms with Crippen molar-refractivity contribution >= 4 is 52.5 Å². The van der Waals surface area contributed by atoms with Crippen LogP contribution < -0.4 is 5.32 Å². The number of carbonyl (C=O) groups is 2. The van der Waals surface area contributed by atoms with Gasteiger partial charge in [-0.1, -0.05) is 47.5 Å². The van der Waals surface area contributed by atoms with E-state index in [0.29, 0.717) is 22.3 Å². The van der Waals surface area contributed by atoms with E-state index in [9.17, 15) is 9.59 Å². The first-order chi connectivity index (χ1) is 12.4. The van der Waals surface area contributed by atoms with Crippen molar-refractivity contribution in [2.75, 3.05) is 18.4 Å². The molecular weight excluding hydrogens is 391 g/mol. The minimum Gasteiger partial charge on any atom is -0.333 e. The number of thioether (sulfide) groups is 1. The SMILES string of the molecule is CCN(CC(=O)Nc1c(Cl)cccc1Cl)C(=O)C(C)Sc1ccccc1. The predicted octanol–water partition coefficient (Wildman–Crippen LogP) is 4.96. The molecule has 7 heteroatoms. The Hall–Kier alpha value is -1.69. The monoisotopic (exact) mass is 410 g/mol. The van der Waals surface area contributed by atoms with Crippen LogP contribution in [0.2, 0.25) is 10.0 Å². The van der Waals surface area contributed by atoms with Gasteiger partial charge in [-0.3, -0.25) is 9.59 Å².